The van der Waals surface area contributed by atoms with Crippen molar-refractivity contribution in [2.24, 2.45) is 5.41 Å². The van der Waals surface area contributed by atoms with Crippen molar-refractivity contribution in [3.8, 4) is 0 Å². The van der Waals surface area contributed by atoms with Gasteiger partial charge in [-0.25, -0.2) is 0 Å². The van der Waals surface area contributed by atoms with E-state index in [9.17, 15) is 5.11 Å². The third kappa shape index (κ3) is 5.20. The fraction of sp³-hybridized carbons (Fsp3) is 1.00. The molecule has 1 saturated carbocycles. The summed E-state index contributed by atoms with van der Waals surface area (Å²) in [6.45, 7) is 8.81. The van der Waals surface area contributed by atoms with Crippen LogP contribution in [0.5, 0.6) is 0 Å². The van der Waals surface area contributed by atoms with E-state index in [2.05, 4.69) is 31.1 Å². The Labute approximate surface area is 130 Å². The first-order valence-electron chi connectivity index (χ1n) is 8.65. The highest BCUT2D eigenvalue weighted by molar-refractivity contribution is 4.92. The molecule has 2 aliphatic rings. The first-order valence-corrected chi connectivity index (χ1v) is 8.65. The molecule has 4 nitrogen and oxygen atoms in total. The molecule has 0 radical (unpaired) electrons. The van der Waals surface area contributed by atoms with Gasteiger partial charge in [-0.1, -0.05) is 26.7 Å². The maximum Gasteiger partial charge on any atom is 0.0817 e. The van der Waals surface area contributed by atoms with Crippen molar-refractivity contribution in [1.29, 1.82) is 0 Å². The highest BCUT2D eigenvalue weighted by Gasteiger charge is 2.37. The molecule has 1 aliphatic heterocycles. The van der Waals surface area contributed by atoms with Gasteiger partial charge in [0.25, 0.3) is 0 Å². The van der Waals surface area contributed by atoms with Crippen LogP contribution >= 0.6 is 0 Å². The van der Waals surface area contributed by atoms with Crippen LogP contribution in [0.15, 0.2) is 0 Å². The van der Waals surface area contributed by atoms with E-state index >= 15 is 0 Å². The Bertz CT molecular complexity index is 308. The minimum absolute atomic E-state index is 0.403. The average Bonchev–Trinajstić information content (AvgIpc) is 2.85. The molecular formula is C17H34N2O2. The molecule has 0 amide bonds. The van der Waals surface area contributed by atoms with Crippen molar-refractivity contribution >= 4 is 0 Å². The number of rotatable bonds is 7. The van der Waals surface area contributed by atoms with E-state index in [0.29, 0.717) is 24.7 Å². The predicted octanol–water partition coefficient (Wildman–Crippen LogP) is 2.02. The second-order valence-corrected chi connectivity index (χ2v) is 7.75. The summed E-state index contributed by atoms with van der Waals surface area (Å²) in [5, 5.41) is 14.3. The molecule has 0 unspecified atom stereocenters. The molecule has 4 heteroatoms. The van der Waals surface area contributed by atoms with Gasteiger partial charge in [0.2, 0.25) is 0 Å². The molecule has 0 bridgehead atoms. The predicted molar refractivity (Wildman–Crippen MR) is 86.5 cm³/mol. The van der Waals surface area contributed by atoms with Crippen LogP contribution in [0.1, 0.15) is 52.4 Å². The zero-order valence-electron chi connectivity index (χ0n) is 14.2. The SMILES string of the molecule is CC(C)NCC1(CN(C)CC2(O)CCOCC2)CCCC1. The zero-order valence-corrected chi connectivity index (χ0v) is 14.2. The van der Waals surface area contributed by atoms with Crippen molar-refractivity contribution in [1.82, 2.24) is 10.2 Å². The minimum Gasteiger partial charge on any atom is -0.388 e. The molecule has 1 aliphatic carbocycles. The number of hydrogen-bond donors (Lipinski definition) is 2. The number of aliphatic hydroxyl groups is 1. The Morgan fingerprint density at radius 2 is 1.71 bits per heavy atom. The standard InChI is InChI=1S/C17H34N2O2/c1-15(2)18-12-16(6-4-5-7-16)13-19(3)14-17(20)8-10-21-11-9-17/h15,18,20H,4-14H2,1-3H3. The molecule has 21 heavy (non-hydrogen) atoms. The van der Waals surface area contributed by atoms with E-state index in [1.54, 1.807) is 0 Å². The van der Waals surface area contributed by atoms with Crippen LogP contribution in [0.4, 0.5) is 0 Å². The van der Waals surface area contributed by atoms with Gasteiger partial charge in [-0.3, -0.25) is 0 Å². The number of hydrogen-bond acceptors (Lipinski definition) is 4. The summed E-state index contributed by atoms with van der Waals surface area (Å²) < 4.78 is 5.38. The Balaban J connectivity index is 1.87. The lowest BCUT2D eigenvalue weighted by atomic mass is 9.84. The lowest BCUT2D eigenvalue weighted by Gasteiger charge is -2.40. The first-order chi connectivity index (χ1) is 9.93. The Morgan fingerprint density at radius 3 is 2.29 bits per heavy atom. The summed E-state index contributed by atoms with van der Waals surface area (Å²) in [5.41, 5.74) is -0.140. The minimum atomic E-state index is -0.543. The van der Waals surface area contributed by atoms with Crippen molar-refractivity contribution in [2.45, 2.75) is 64.0 Å². The maximum atomic E-state index is 10.7. The van der Waals surface area contributed by atoms with Gasteiger partial charge >= 0.3 is 0 Å². The van der Waals surface area contributed by atoms with E-state index in [-0.39, 0.29) is 0 Å². The number of likely N-dealkylation sites (N-methyl/N-ethyl adjacent to an activating group) is 1. The fourth-order valence-electron chi connectivity index (χ4n) is 3.98. The van der Waals surface area contributed by atoms with Crippen LogP contribution in [0.2, 0.25) is 0 Å². The summed E-state index contributed by atoms with van der Waals surface area (Å²) >= 11 is 0. The van der Waals surface area contributed by atoms with Crippen LogP contribution in [0.3, 0.4) is 0 Å². The van der Waals surface area contributed by atoms with Crippen molar-refractivity contribution < 1.29 is 9.84 Å². The number of ether oxygens (including phenoxy) is 1. The molecule has 1 saturated heterocycles. The van der Waals surface area contributed by atoms with E-state index in [1.165, 1.54) is 25.7 Å². The largest absolute Gasteiger partial charge is 0.388 e. The van der Waals surface area contributed by atoms with Gasteiger partial charge in [-0.15, -0.1) is 0 Å². The molecule has 2 N–H and O–H groups in total. The molecule has 0 atom stereocenters. The molecule has 2 fully saturated rings. The van der Waals surface area contributed by atoms with Crippen molar-refractivity contribution in [3.05, 3.63) is 0 Å². The lowest BCUT2D eigenvalue weighted by Crippen LogP contribution is -2.50. The van der Waals surface area contributed by atoms with Crippen LogP contribution in [-0.4, -0.2) is 61.5 Å². The van der Waals surface area contributed by atoms with E-state index < -0.39 is 5.60 Å². The molecule has 0 spiro atoms. The zero-order chi connectivity index (χ0) is 15.3. The Hall–Kier alpha value is -0.160. The second-order valence-electron chi connectivity index (χ2n) is 7.75. The molecule has 0 aromatic rings. The molecule has 1 heterocycles. The van der Waals surface area contributed by atoms with Crippen molar-refractivity contribution in [2.75, 3.05) is 39.9 Å². The van der Waals surface area contributed by atoms with Crippen LogP contribution < -0.4 is 5.32 Å². The van der Waals surface area contributed by atoms with Gasteiger partial charge in [0.05, 0.1) is 5.60 Å². The summed E-state index contributed by atoms with van der Waals surface area (Å²) in [7, 11) is 2.17. The molecule has 0 aromatic heterocycles. The van der Waals surface area contributed by atoms with Gasteiger partial charge in [0.1, 0.15) is 0 Å². The lowest BCUT2D eigenvalue weighted by molar-refractivity contribution is -0.0802. The van der Waals surface area contributed by atoms with Gasteiger partial charge in [-0.05, 0) is 25.3 Å². The van der Waals surface area contributed by atoms with E-state index in [0.717, 1.165) is 32.5 Å². The van der Waals surface area contributed by atoms with Crippen LogP contribution in [-0.2, 0) is 4.74 Å². The maximum absolute atomic E-state index is 10.7. The van der Waals surface area contributed by atoms with Gasteiger partial charge < -0.3 is 20.1 Å². The number of nitrogens with zero attached hydrogens (tertiary/aromatic N) is 1. The van der Waals surface area contributed by atoms with Crippen LogP contribution in [0.25, 0.3) is 0 Å². The summed E-state index contributed by atoms with van der Waals surface area (Å²) in [6, 6.07) is 0.549. The van der Waals surface area contributed by atoms with E-state index in [4.69, 9.17) is 4.74 Å². The van der Waals surface area contributed by atoms with Crippen molar-refractivity contribution in [3.63, 3.8) is 0 Å². The third-order valence-corrected chi connectivity index (χ3v) is 5.14. The topological polar surface area (TPSA) is 44.7 Å². The Kier molecular flexibility index (Phi) is 6.06. The monoisotopic (exact) mass is 298 g/mol. The first kappa shape index (κ1) is 17.2. The Morgan fingerprint density at radius 1 is 1.10 bits per heavy atom. The molecule has 124 valence electrons. The number of nitrogens with one attached hydrogen (secondary N) is 1. The highest BCUT2D eigenvalue weighted by atomic mass is 16.5. The van der Waals surface area contributed by atoms with Crippen LogP contribution in [0, 0.1) is 5.41 Å². The van der Waals surface area contributed by atoms with Gasteiger partial charge in [-0.2, -0.15) is 0 Å². The summed E-state index contributed by atoms with van der Waals surface area (Å²) in [5.74, 6) is 0. The third-order valence-electron chi connectivity index (χ3n) is 5.14. The van der Waals surface area contributed by atoms with Gasteiger partial charge in [0, 0.05) is 51.7 Å². The second kappa shape index (κ2) is 7.40. The molecule has 2 rings (SSSR count). The van der Waals surface area contributed by atoms with Gasteiger partial charge in [0.15, 0.2) is 0 Å². The summed E-state index contributed by atoms with van der Waals surface area (Å²) in [4.78, 5) is 2.36. The summed E-state index contributed by atoms with van der Waals surface area (Å²) in [6.07, 6.45) is 6.89. The molecule has 0 aromatic carbocycles. The average molecular weight is 298 g/mol. The smallest absolute Gasteiger partial charge is 0.0817 e. The highest BCUT2D eigenvalue weighted by Crippen LogP contribution is 2.38. The quantitative estimate of drug-likeness (QED) is 0.755. The van der Waals surface area contributed by atoms with E-state index in [1.807, 2.05) is 0 Å². The fourth-order valence-corrected chi connectivity index (χ4v) is 3.98. The normalized spacial score (nSPS) is 24.9. The molecular weight excluding hydrogens is 264 g/mol.